The quantitative estimate of drug-likeness (QED) is 0.902. The molecule has 4 nitrogen and oxygen atoms in total. The second-order valence-corrected chi connectivity index (χ2v) is 4.34. The molecule has 1 aromatic heterocycles. The van der Waals surface area contributed by atoms with Gasteiger partial charge in [0.25, 0.3) is 5.91 Å². The molecule has 1 heterocycles. The maximum absolute atomic E-state index is 11.9. The van der Waals surface area contributed by atoms with Crippen LogP contribution in [0.3, 0.4) is 0 Å². The average molecular weight is 244 g/mol. The molecule has 0 fully saturated rings. The number of hydrogen-bond acceptors (Lipinski definition) is 3. The molecule has 0 aliphatic carbocycles. The van der Waals surface area contributed by atoms with E-state index in [1.807, 2.05) is 32.0 Å². The van der Waals surface area contributed by atoms with E-state index in [2.05, 4.69) is 10.3 Å². The maximum atomic E-state index is 11.9. The van der Waals surface area contributed by atoms with Crippen LogP contribution in [0.2, 0.25) is 0 Å². The fraction of sp³-hybridized carbons (Fsp3) is 0.286. The molecule has 2 rings (SSSR count). The molecule has 18 heavy (non-hydrogen) atoms. The summed E-state index contributed by atoms with van der Waals surface area (Å²) in [4.78, 5) is 16.0. The maximum Gasteiger partial charge on any atom is 0.251 e. The van der Waals surface area contributed by atoms with E-state index >= 15 is 0 Å². The van der Waals surface area contributed by atoms with E-state index in [1.54, 1.807) is 13.2 Å². The summed E-state index contributed by atoms with van der Waals surface area (Å²) >= 11 is 0. The third-order valence-electron chi connectivity index (χ3n) is 2.87. The Morgan fingerprint density at radius 1 is 1.28 bits per heavy atom. The van der Waals surface area contributed by atoms with Gasteiger partial charge in [-0.25, -0.2) is 4.98 Å². The monoisotopic (exact) mass is 244 g/mol. The molecule has 94 valence electrons. The molecule has 2 aromatic rings. The van der Waals surface area contributed by atoms with Crippen molar-refractivity contribution in [2.45, 2.75) is 27.3 Å². The normalized spacial score (nSPS) is 10.4. The molecule has 1 amide bonds. The number of nitrogens with one attached hydrogen (secondary N) is 1. The van der Waals surface area contributed by atoms with Gasteiger partial charge < -0.3 is 9.73 Å². The zero-order chi connectivity index (χ0) is 13.1. The van der Waals surface area contributed by atoms with Crippen molar-refractivity contribution in [2.24, 2.45) is 0 Å². The zero-order valence-electron chi connectivity index (χ0n) is 10.8. The molecule has 0 saturated heterocycles. The number of amides is 1. The summed E-state index contributed by atoms with van der Waals surface area (Å²) in [7, 11) is 0. The minimum absolute atomic E-state index is 0.0984. The van der Waals surface area contributed by atoms with Gasteiger partial charge in [0.2, 0.25) is 0 Å². The van der Waals surface area contributed by atoms with Crippen molar-refractivity contribution in [3.8, 4) is 0 Å². The van der Waals surface area contributed by atoms with Gasteiger partial charge in [-0.1, -0.05) is 6.07 Å². The van der Waals surface area contributed by atoms with E-state index in [4.69, 9.17) is 4.42 Å². The molecular formula is C14H16N2O2. The molecule has 0 saturated carbocycles. The Labute approximate surface area is 106 Å². The predicted molar refractivity (Wildman–Crippen MR) is 68.3 cm³/mol. The van der Waals surface area contributed by atoms with Crippen molar-refractivity contribution in [1.82, 2.24) is 10.3 Å². The van der Waals surface area contributed by atoms with E-state index in [9.17, 15) is 4.79 Å². The van der Waals surface area contributed by atoms with Crippen LogP contribution in [0.5, 0.6) is 0 Å². The second-order valence-electron chi connectivity index (χ2n) is 4.34. The number of nitrogens with zero attached hydrogens (tertiary/aromatic N) is 1. The first kappa shape index (κ1) is 12.4. The summed E-state index contributed by atoms with van der Waals surface area (Å²) in [5, 5.41) is 2.81. The number of aryl methyl sites for hydroxylation is 3. The minimum atomic E-state index is -0.0984. The molecule has 0 spiro atoms. The van der Waals surface area contributed by atoms with Gasteiger partial charge in [0.05, 0.1) is 12.2 Å². The highest BCUT2D eigenvalue weighted by atomic mass is 16.3. The predicted octanol–water partition coefficient (Wildman–Crippen LogP) is 2.53. The lowest BCUT2D eigenvalue weighted by Crippen LogP contribution is -2.23. The fourth-order valence-electron chi connectivity index (χ4n) is 1.64. The summed E-state index contributed by atoms with van der Waals surface area (Å²) in [5.41, 5.74) is 3.68. The number of carbonyl (C=O) groups excluding carboxylic acids is 1. The number of aromatic nitrogens is 1. The highest BCUT2D eigenvalue weighted by molar-refractivity contribution is 5.94. The average Bonchev–Trinajstić information content (AvgIpc) is 2.75. The summed E-state index contributed by atoms with van der Waals surface area (Å²) in [6, 6.07) is 5.66. The first-order valence-corrected chi connectivity index (χ1v) is 5.82. The van der Waals surface area contributed by atoms with Crippen LogP contribution in [0.15, 0.2) is 28.9 Å². The Balaban J connectivity index is 2.01. The van der Waals surface area contributed by atoms with Crippen LogP contribution in [0.25, 0.3) is 0 Å². The van der Waals surface area contributed by atoms with Gasteiger partial charge in [-0.15, -0.1) is 0 Å². The van der Waals surface area contributed by atoms with Crippen molar-refractivity contribution in [2.75, 3.05) is 0 Å². The number of carbonyl (C=O) groups is 1. The summed E-state index contributed by atoms with van der Waals surface area (Å²) in [6.45, 7) is 6.17. The van der Waals surface area contributed by atoms with E-state index in [0.717, 1.165) is 11.3 Å². The molecule has 0 bridgehead atoms. The number of rotatable bonds is 3. The Bertz CT molecular complexity index is 573. The fourth-order valence-corrected chi connectivity index (χ4v) is 1.64. The van der Waals surface area contributed by atoms with Gasteiger partial charge in [-0.2, -0.15) is 0 Å². The van der Waals surface area contributed by atoms with Crippen LogP contribution >= 0.6 is 0 Å². The minimum Gasteiger partial charge on any atom is -0.449 e. The molecule has 1 aromatic carbocycles. The van der Waals surface area contributed by atoms with Gasteiger partial charge >= 0.3 is 0 Å². The van der Waals surface area contributed by atoms with Crippen molar-refractivity contribution in [1.29, 1.82) is 0 Å². The summed E-state index contributed by atoms with van der Waals surface area (Å²) in [6.07, 6.45) is 1.55. The topological polar surface area (TPSA) is 55.1 Å². The van der Waals surface area contributed by atoms with Gasteiger partial charge in [-0.3, -0.25) is 4.79 Å². The molecule has 0 radical (unpaired) electrons. The van der Waals surface area contributed by atoms with Crippen molar-refractivity contribution >= 4 is 5.91 Å². The first-order chi connectivity index (χ1) is 8.56. The third kappa shape index (κ3) is 2.77. The Morgan fingerprint density at radius 2 is 2.06 bits per heavy atom. The van der Waals surface area contributed by atoms with Gasteiger partial charge in [0.15, 0.2) is 5.89 Å². The lowest BCUT2D eigenvalue weighted by Gasteiger charge is -2.05. The van der Waals surface area contributed by atoms with E-state index in [0.29, 0.717) is 18.0 Å². The lowest BCUT2D eigenvalue weighted by atomic mass is 10.1. The van der Waals surface area contributed by atoms with E-state index in [-0.39, 0.29) is 5.91 Å². The van der Waals surface area contributed by atoms with Crippen LogP contribution < -0.4 is 5.32 Å². The third-order valence-corrected chi connectivity index (χ3v) is 2.87. The largest absolute Gasteiger partial charge is 0.449 e. The van der Waals surface area contributed by atoms with E-state index < -0.39 is 0 Å². The lowest BCUT2D eigenvalue weighted by molar-refractivity contribution is 0.0950. The molecule has 0 unspecified atom stereocenters. The highest BCUT2D eigenvalue weighted by Gasteiger charge is 2.07. The van der Waals surface area contributed by atoms with Crippen LogP contribution in [-0.4, -0.2) is 10.9 Å². The molecule has 1 N–H and O–H groups in total. The van der Waals surface area contributed by atoms with E-state index in [1.165, 1.54) is 5.56 Å². The van der Waals surface area contributed by atoms with Crippen LogP contribution in [0.4, 0.5) is 0 Å². The van der Waals surface area contributed by atoms with Crippen molar-refractivity contribution in [3.63, 3.8) is 0 Å². The van der Waals surface area contributed by atoms with Crippen LogP contribution in [0, 0.1) is 20.8 Å². The number of oxazole rings is 1. The second kappa shape index (κ2) is 5.04. The Hall–Kier alpha value is -2.10. The molecular weight excluding hydrogens is 228 g/mol. The standard InChI is InChI=1S/C14H16N2O2/c1-9-4-5-12(6-10(9)2)14(17)15-7-13-8-18-11(3)16-13/h4-6,8H,7H2,1-3H3,(H,15,17). The molecule has 0 aliphatic rings. The Morgan fingerprint density at radius 3 is 2.67 bits per heavy atom. The highest BCUT2D eigenvalue weighted by Crippen LogP contribution is 2.10. The SMILES string of the molecule is Cc1nc(CNC(=O)c2ccc(C)c(C)c2)co1. The van der Waals surface area contributed by atoms with Crippen LogP contribution in [0.1, 0.15) is 33.1 Å². The van der Waals surface area contributed by atoms with Gasteiger partial charge in [0, 0.05) is 12.5 Å². The molecule has 0 atom stereocenters. The van der Waals surface area contributed by atoms with Gasteiger partial charge in [0.1, 0.15) is 6.26 Å². The molecule has 4 heteroatoms. The number of hydrogen-bond donors (Lipinski definition) is 1. The summed E-state index contributed by atoms with van der Waals surface area (Å²) < 4.78 is 5.07. The molecule has 0 aliphatic heterocycles. The van der Waals surface area contributed by atoms with Crippen molar-refractivity contribution < 1.29 is 9.21 Å². The van der Waals surface area contributed by atoms with Gasteiger partial charge in [-0.05, 0) is 37.1 Å². The summed E-state index contributed by atoms with van der Waals surface area (Å²) in [5.74, 6) is 0.504. The van der Waals surface area contributed by atoms with Crippen molar-refractivity contribution in [3.05, 3.63) is 52.7 Å². The first-order valence-electron chi connectivity index (χ1n) is 5.82. The van der Waals surface area contributed by atoms with Crippen LogP contribution in [-0.2, 0) is 6.54 Å². The smallest absolute Gasteiger partial charge is 0.251 e. The Kier molecular flexibility index (Phi) is 3.46. The zero-order valence-corrected chi connectivity index (χ0v) is 10.8. The number of benzene rings is 1.